The average Bonchev–Trinajstić information content (AvgIpc) is 2.61. The fourth-order valence-electron chi connectivity index (χ4n) is 2.04. The lowest BCUT2D eigenvalue weighted by Crippen LogP contribution is -2.30. The molecular weight excluding hydrogens is 326 g/mol. The first-order valence-electron chi connectivity index (χ1n) is 7.40. The van der Waals surface area contributed by atoms with Gasteiger partial charge in [-0.25, -0.2) is 0 Å². The van der Waals surface area contributed by atoms with Gasteiger partial charge in [-0.2, -0.15) is 0 Å². The minimum Gasteiger partial charge on any atom is -0.497 e. The smallest absolute Gasteiger partial charge is 0.265 e. The van der Waals surface area contributed by atoms with E-state index in [4.69, 9.17) is 14.2 Å². The largest absolute Gasteiger partial charge is 0.497 e. The summed E-state index contributed by atoms with van der Waals surface area (Å²) in [6.07, 6.45) is 1.37. The van der Waals surface area contributed by atoms with Crippen molar-refractivity contribution >= 4 is 23.4 Å². The molecule has 1 atom stereocenters. The fraction of sp³-hybridized carbons (Fsp3) is 0.278. The van der Waals surface area contributed by atoms with Crippen molar-refractivity contribution in [3.8, 4) is 17.2 Å². The van der Waals surface area contributed by atoms with E-state index in [-0.39, 0.29) is 5.91 Å². The lowest BCUT2D eigenvalue weighted by atomic mass is 10.2. The molecule has 0 heterocycles. The van der Waals surface area contributed by atoms with Crippen LogP contribution in [0.25, 0.3) is 0 Å². The minimum absolute atomic E-state index is 0.251. The summed E-state index contributed by atoms with van der Waals surface area (Å²) in [5.74, 6) is 1.61. The Labute approximate surface area is 146 Å². The van der Waals surface area contributed by atoms with Gasteiger partial charge in [-0.15, -0.1) is 11.8 Å². The molecule has 0 radical (unpaired) electrons. The number of hydrogen-bond acceptors (Lipinski definition) is 5. The van der Waals surface area contributed by atoms with Crippen molar-refractivity contribution in [2.24, 2.45) is 0 Å². The second-order valence-corrected chi connectivity index (χ2v) is 5.91. The monoisotopic (exact) mass is 347 g/mol. The number of amides is 1. The molecule has 0 aliphatic carbocycles. The summed E-state index contributed by atoms with van der Waals surface area (Å²) in [6, 6.07) is 12.8. The molecular formula is C18H21NO4S. The van der Waals surface area contributed by atoms with Crippen LogP contribution < -0.4 is 19.5 Å². The molecule has 0 aliphatic heterocycles. The second-order valence-electron chi connectivity index (χ2n) is 5.03. The topological polar surface area (TPSA) is 56.8 Å². The van der Waals surface area contributed by atoms with Crippen molar-refractivity contribution < 1.29 is 19.0 Å². The van der Waals surface area contributed by atoms with Crippen molar-refractivity contribution in [2.75, 3.05) is 25.8 Å². The molecule has 0 aromatic heterocycles. The van der Waals surface area contributed by atoms with Crippen molar-refractivity contribution in [1.29, 1.82) is 0 Å². The SMILES string of the molecule is COc1cc(NC(=O)C(C)Oc2ccc(SC)cc2)cc(OC)c1. The van der Waals surface area contributed by atoms with Crippen LogP contribution in [0, 0.1) is 0 Å². The Hall–Kier alpha value is -2.34. The summed E-state index contributed by atoms with van der Waals surface area (Å²) in [5.41, 5.74) is 0.587. The quantitative estimate of drug-likeness (QED) is 0.772. The number of rotatable bonds is 7. The van der Waals surface area contributed by atoms with Crippen LogP contribution in [0.4, 0.5) is 5.69 Å². The zero-order valence-electron chi connectivity index (χ0n) is 14.2. The van der Waals surface area contributed by atoms with Gasteiger partial charge in [0.25, 0.3) is 5.91 Å². The molecule has 0 saturated heterocycles. The van der Waals surface area contributed by atoms with Gasteiger partial charge in [0.2, 0.25) is 0 Å². The molecule has 0 bridgehead atoms. The van der Waals surface area contributed by atoms with Crippen LogP contribution >= 0.6 is 11.8 Å². The first kappa shape index (κ1) is 18.0. The summed E-state index contributed by atoms with van der Waals surface area (Å²) < 4.78 is 16.1. The van der Waals surface area contributed by atoms with Crippen LogP contribution in [0.3, 0.4) is 0 Å². The van der Waals surface area contributed by atoms with Crippen LogP contribution in [0.2, 0.25) is 0 Å². The van der Waals surface area contributed by atoms with E-state index in [9.17, 15) is 4.79 Å². The van der Waals surface area contributed by atoms with Crippen molar-refractivity contribution in [2.45, 2.75) is 17.9 Å². The van der Waals surface area contributed by atoms with Gasteiger partial charge in [-0.05, 0) is 37.4 Å². The second kappa shape index (κ2) is 8.49. The number of thioether (sulfide) groups is 1. The molecule has 5 nitrogen and oxygen atoms in total. The van der Waals surface area contributed by atoms with Gasteiger partial charge in [0.15, 0.2) is 6.10 Å². The minimum atomic E-state index is -0.637. The highest BCUT2D eigenvalue weighted by Crippen LogP contribution is 2.26. The summed E-state index contributed by atoms with van der Waals surface area (Å²) >= 11 is 1.65. The van der Waals surface area contributed by atoms with Crippen LogP contribution in [0.15, 0.2) is 47.4 Å². The van der Waals surface area contributed by atoms with Gasteiger partial charge < -0.3 is 19.5 Å². The Morgan fingerprint density at radius 3 is 2.08 bits per heavy atom. The number of hydrogen-bond donors (Lipinski definition) is 1. The summed E-state index contributed by atoms with van der Waals surface area (Å²) in [5, 5.41) is 2.81. The molecule has 0 aliphatic rings. The first-order valence-corrected chi connectivity index (χ1v) is 8.63. The lowest BCUT2D eigenvalue weighted by Gasteiger charge is -2.16. The molecule has 6 heteroatoms. The molecule has 1 N–H and O–H groups in total. The van der Waals surface area contributed by atoms with Crippen molar-refractivity contribution in [3.63, 3.8) is 0 Å². The van der Waals surface area contributed by atoms with Gasteiger partial charge in [0, 0.05) is 28.8 Å². The Kier molecular flexibility index (Phi) is 6.37. The Morgan fingerprint density at radius 2 is 1.58 bits per heavy atom. The maximum atomic E-state index is 12.3. The maximum absolute atomic E-state index is 12.3. The number of anilines is 1. The fourth-order valence-corrected chi connectivity index (χ4v) is 2.44. The van der Waals surface area contributed by atoms with Gasteiger partial charge in [-0.3, -0.25) is 4.79 Å². The number of ether oxygens (including phenoxy) is 3. The van der Waals surface area contributed by atoms with Crippen molar-refractivity contribution in [3.05, 3.63) is 42.5 Å². The number of nitrogens with one attached hydrogen (secondary N) is 1. The van der Waals surface area contributed by atoms with Gasteiger partial charge in [0.05, 0.1) is 14.2 Å². The highest BCUT2D eigenvalue weighted by atomic mass is 32.2. The van der Waals surface area contributed by atoms with E-state index >= 15 is 0 Å². The summed E-state index contributed by atoms with van der Waals surface area (Å²) in [6.45, 7) is 1.70. The van der Waals surface area contributed by atoms with Gasteiger partial charge >= 0.3 is 0 Å². The van der Waals surface area contributed by atoms with Gasteiger partial charge in [0.1, 0.15) is 17.2 Å². The Morgan fingerprint density at radius 1 is 1.00 bits per heavy atom. The molecule has 2 rings (SSSR count). The molecule has 128 valence electrons. The molecule has 0 fully saturated rings. The highest BCUT2D eigenvalue weighted by molar-refractivity contribution is 7.98. The molecule has 2 aromatic rings. The van der Waals surface area contributed by atoms with E-state index in [1.807, 2.05) is 30.5 Å². The predicted molar refractivity (Wildman–Crippen MR) is 96.5 cm³/mol. The third-order valence-electron chi connectivity index (χ3n) is 3.36. The van der Waals surface area contributed by atoms with E-state index in [1.54, 1.807) is 51.1 Å². The number of carbonyl (C=O) groups excluding carboxylic acids is 1. The number of benzene rings is 2. The summed E-state index contributed by atoms with van der Waals surface area (Å²) in [7, 11) is 3.12. The molecule has 2 aromatic carbocycles. The standard InChI is InChI=1S/C18H21NO4S/c1-12(23-14-5-7-17(24-4)8-6-14)18(20)19-13-9-15(21-2)11-16(10-13)22-3/h5-12H,1-4H3,(H,19,20). The number of carbonyl (C=O) groups is 1. The van der Waals surface area contributed by atoms with Gasteiger partial charge in [-0.1, -0.05) is 0 Å². The zero-order valence-corrected chi connectivity index (χ0v) is 15.0. The van der Waals surface area contributed by atoms with Crippen LogP contribution in [0.1, 0.15) is 6.92 Å². The van der Waals surface area contributed by atoms with Crippen LogP contribution in [-0.4, -0.2) is 32.5 Å². The van der Waals surface area contributed by atoms with Crippen molar-refractivity contribution in [1.82, 2.24) is 0 Å². The number of methoxy groups -OCH3 is 2. The highest BCUT2D eigenvalue weighted by Gasteiger charge is 2.16. The average molecular weight is 347 g/mol. The lowest BCUT2D eigenvalue weighted by molar-refractivity contribution is -0.122. The zero-order chi connectivity index (χ0) is 17.5. The molecule has 1 unspecified atom stereocenters. The first-order chi connectivity index (χ1) is 11.5. The molecule has 24 heavy (non-hydrogen) atoms. The molecule has 1 amide bonds. The third kappa shape index (κ3) is 4.83. The summed E-state index contributed by atoms with van der Waals surface area (Å²) in [4.78, 5) is 13.5. The Bertz CT molecular complexity index is 666. The van der Waals surface area contributed by atoms with Crippen LogP contribution in [0.5, 0.6) is 17.2 Å². The molecule has 0 saturated carbocycles. The van der Waals surface area contributed by atoms with E-state index in [1.165, 1.54) is 0 Å². The van der Waals surface area contributed by atoms with E-state index in [2.05, 4.69) is 5.32 Å². The maximum Gasteiger partial charge on any atom is 0.265 e. The molecule has 0 spiro atoms. The normalized spacial score (nSPS) is 11.5. The van der Waals surface area contributed by atoms with Crippen LogP contribution in [-0.2, 0) is 4.79 Å². The van der Waals surface area contributed by atoms with E-state index < -0.39 is 6.10 Å². The third-order valence-corrected chi connectivity index (χ3v) is 4.10. The van der Waals surface area contributed by atoms with E-state index in [0.29, 0.717) is 22.9 Å². The predicted octanol–water partition coefficient (Wildman–Crippen LogP) is 3.83. The Balaban J connectivity index is 2.02. The van der Waals surface area contributed by atoms with E-state index in [0.717, 1.165) is 4.90 Å².